The molecule has 3 N–H and O–H groups in total. The second kappa shape index (κ2) is 10.8. The van der Waals surface area contributed by atoms with Crippen molar-refractivity contribution in [2.45, 2.75) is 12.0 Å². The summed E-state index contributed by atoms with van der Waals surface area (Å²) >= 11 is 0. The highest BCUT2D eigenvalue weighted by molar-refractivity contribution is 5.97. The molecular weight excluding hydrogens is 440 g/mol. The zero-order chi connectivity index (χ0) is 24.0. The second-order valence-corrected chi connectivity index (χ2v) is 7.04. The van der Waals surface area contributed by atoms with Crippen molar-refractivity contribution in [3.8, 4) is 5.75 Å². The van der Waals surface area contributed by atoms with Gasteiger partial charge in [0.15, 0.2) is 11.6 Å². The van der Waals surface area contributed by atoms with E-state index in [0.717, 1.165) is 30.3 Å². The van der Waals surface area contributed by atoms with Crippen molar-refractivity contribution < 1.29 is 32.3 Å². The number of hydrogen-bond acceptors (Lipinski definition) is 4. The molecule has 0 saturated heterocycles. The van der Waals surface area contributed by atoms with Crippen LogP contribution in [0, 0.1) is 23.3 Å². The number of nitrogens with one attached hydrogen (secondary N) is 2. The van der Waals surface area contributed by atoms with E-state index in [0.29, 0.717) is 6.07 Å². The Morgan fingerprint density at radius 3 is 2.24 bits per heavy atom. The topological polar surface area (TPSA) is 70.6 Å². The molecule has 0 aliphatic carbocycles. The molecule has 0 aromatic heterocycles. The van der Waals surface area contributed by atoms with Crippen molar-refractivity contribution in [3.63, 3.8) is 0 Å². The molecule has 0 aliphatic heterocycles. The Morgan fingerprint density at radius 1 is 0.970 bits per heavy atom. The fourth-order valence-electron chi connectivity index (χ4n) is 3.39. The average Bonchev–Trinajstić information content (AvgIpc) is 2.77. The molecule has 33 heavy (non-hydrogen) atoms. The molecule has 3 aromatic rings. The predicted octanol–water partition coefficient (Wildman–Crippen LogP) is 4.93. The van der Waals surface area contributed by atoms with Gasteiger partial charge in [0.2, 0.25) is 5.91 Å². The van der Waals surface area contributed by atoms with Crippen LogP contribution in [0.1, 0.15) is 17.0 Å². The Hall–Kier alpha value is -3.69. The number of carbonyl (C=O) groups excluding carboxylic acids is 1. The van der Waals surface area contributed by atoms with Crippen molar-refractivity contribution in [3.05, 3.63) is 108 Å². The molecule has 2 atom stereocenters. The van der Waals surface area contributed by atoms with Crippen molar-refractivity contribution >= 4 is 11.6 Å². The summed E-state index contributed by atoms with van der Waals surface area (Å²) in [4.78, 5) is 13.1. The summed E-state index contributed by atoms with van der Waals surface area (Å²) in [6.45, 7) is 3.45. The minimum Gasteiger partial charge on any atom is -0.484 e. The highest BCUT2D eigenvalue weighted by atomic mass is 19.1. The van der Waals surface area contributed by atoms with Crippen LogP contribution in [0.2, 0.25) is 0 Å². The SMILES string of the molecule is C=CCOc1c(F)cccc1NC(=O)[C@@H](NO)[C@@H](c1ccc(F)cc1)c1cc(F)cc(F)c1. The Balaban J connectivity index is 2.02. The van der Waals surface area contributed by atoms with Gasteiger partial charge in [0.1, 0.15) is 30.1 Å². The van der Waals surface area contributed by atoms with Gasteiger partial charge in [-0.15, -0.1) is 0 Å². The van der Waals surface area contributed by atoms with E-state index < -0.39 is 41.1 Å². The van der Waals surface area contributed by atoms with E-state index >= 15 is 0 Å². The van der Waals surface area contributed by atoms with E-state index in [1.165, 1.54) is 30.3 Å². The van der Waals surface area contributed by atoms with Crippen LogP contribution in [-0.2, 0) is 4.79 Å². The number of rotatable bonds is 9. The number of carbonyl (C=O) groups is 1. The quantitative estimate of drug-likeness (QED) is 0.241. The summed E-state index contributed by atoms with van der Waals surface area (Å²) in [5, 5.41) is 12.3. The second-order valence-electron chi connectivity index (χ2n) is 7.04. The van der Waals surface area contributed by atoms with Crippen LogP contribution < -0.4 is 15.5 Å². The number of amides is 1. The van der Waals surface area contributed by atoms with Crippen LogP contribution in [0.15, 0.2) is 73.3 Å². The van der Waals surface area contributed by atoms with Gasteiger partial charge < -0.3 is 15.3 Å². The van der Waals surface area contributed by atoms with Gasteiger partial charge >= 0.3 is 0 Å². The lowest BCUT2D eigenvalue weighted by molar-refractivity contribution is -0.121. The first-order valence-electron chi connectivity index (χ1n) is 9.78. The summed E-state index contributed by atoms with van der Waals surface area (Å²) in [7, 11) is 0. The van der Waals surface area contributed by atoms with Gasteiger partial charge in [0.25, 0.3) is 0 Å². The lowest BCUT2D eigenvalue weighted by Crippen LogP contribution is -2.44. The summed E-state index contributed by atoms with van der Waals surface area (Å²) in [5.74, 6) is -5.39. The summed E-state index contributed by atoms with van der Waals surface area (Å²) in [6, 6.07) is 9.85. The molecule has 3 rings (SSSR count). The van der Waals surface area contributed by atoms with E-state index in [-0.39, 0.29) is 29.2 Å². The number of halogens is 4. The minimum absolute atomic E-state index is 0.00295. The number of hydrogen-bond donors (Lipinski definition) is 3. The lowest BCUT2D eigenvalue weighted by Gasteiger charge is -2.26. The zero-order valence-electron chi connectivity index (χ0n) is 17.2. The summed E-state index contributed by atoms with van der Waals surface area (Å²) < 4.78 is 60.9. The molecule has 1 amide bonds. The van der Waals surface area contributed by atoms with Crippen LogP contribution in [0.25, 0.3) is 0 Å². The molecule has 0 spiro atoms. The third kappa shape index (κ3) is 5.76. The Morgan fingerprint density at radius 2 is 1.64 bits per heavy atom. The first-order valence-corrected chi connectivity index (χ1v) is 9.78. The largest absolute Gasteiger partial charge is 0.484 e. The monoisotopic (exact) mass is 460 g/mol. The number of benzene rings is 3. The number of ether oxygens (including phenoxy) is 1. The third-order valence-electron chi connectivity index (χ3n) is 4.80. The lowest BCUT2D eigenvalue weighted by atomic mass is 9.84. The predicted molar refractivity (Wildman–Crippen MR) is 114 cm³/mol. The molecule has 0 heterocycles. The van der Waals surface area contributed by atoms with Gasteiger partial charge in [-0.3, -0.25) is 4.79 Å². The molecule has 172 valence electrons. The van der Waals surface area contributed by atoms with E-state index in [4.69, 9.17) is 4.74 Å². The minimum atomic E-state index is -1.51. The third-order valence-corrected chi connectivity index (χ3v) is 4.80. The highest BCUT2D eigenvalue weighted by Gasteiger charge is 2.32. The number of hydroxylamine groups is 1. The Labute approximate surface area is 187 Å². The van der Waals surface area contributed by atoms with E-state index in [9.17, 15) is 27.6 Å². The van der Waals surface area contributed by atoms with Crippen molar-refractivity contribution in [2.24, 2.45) is 0 Å². The smallest absolute Gasteiger partial charge is 0.244 e. The molecule has 0 bridgehead atoms. The van der Waals surface area contributed by atoms with Gasteiger partial charge in [0, 0.05) is 12.0 Å². The maximum atomic E-state index is 14.2. The highest BCUT2D eigenvalue weighted by Crippen LogP contribution is 2.32. The van der Waals surface area contributed by atoms with Crippen LogP contribution >= 0.6 is 0 Å². The van der Waals surface area contributed by atoms with Gasteiger partial charge in [-0.2, -0.15) is 5.48 Å². The molecule has 0 fully saturated rings. The van der Waals surface area contributed by atoms with Gasteiger partial charge in [0.05, 0.1) is 5.69 Å². The average molecular weight is 460 g/mol. The molecular formula is C24H20F4N2O3. The molecule has 0 aliphatic rings. The van der Waals surface area contributed by atoms with Crippen LogP contribution in [-0.4, -0.2) is 23.8 Å². The van der Waals surface area contributed by atoms with Crippen molar-refractivity contribution in [1.82, 2.24) is 5.48 Å². The van der Waals surface area contributed by atoms with Crippen molar-refractivity contribution in [2.75, 3.05) is 11.9 Å². The van der Waals surface area contributed by atoms with E-state index in [2.05, 4.69) is 11.9 Å². The molecule has 0 radical (unpaired) electrons. The van der Waals surface area contributed by atoms with Gasteiger partial charge in [-0.1, -0.05) is 30.9 Å². The summed E-state index contributed by atoms with van der Waals surface area (Å²) in [5.41, 5.74) is 2.10. The fraction of sp³-hybridized carbons (Fsp3) is 0.125. The maximum absolute atomic E-state index is 14.2. The zero-order valence-corrected chi connectivity index (χ0v) is 17.2. The molecule has 5 nitrogen and oxygen atoms in total. The van der Waals surface area contributed by atoms with Crippen LogP contribution in [0.3, 0.4) is 0 Å². The first-order chi connectivity index (χ1) is 15.8. The summed E-state index contributed by atoms with van der Waals surface area (Å²) in [6.07, 6.45) is 1.39. The Kier molecular flexibility index (Phi) is 7.81. The van der Waals surface area contributed by atoms with Crippen LogP contribution in [0.4, 0.5) is 23.2 Å². The van der Waals surface area contributed by atoms with Crippen molar-refractivity contribution in [1.29, 1.82) is 0 Å². The Bertz CT molecular complexity index is 1120. The number of anilines is 1. The van der Waals surface area contributed by atoms with Gasteiger partial charge in [-0.05, 0) is 47.5 Å². The van der Waals surface area contributed by atoms with E-state index in [1.807, 2.05) is 5.48 Å². The van der Waals surface area contributed by atoms with Gasteiger partial charge in [-0.25, -0.2) is 17.6 Å². The molecule has 9 heteroatoms. The normalized spacial score (nSPS) is 12.6. The standard InChI is InChI=1S/C24H20F4N2O3/c1-2-10-33-23-19(28)4-3-5-20(23)29-24(31)22(30-32)21(14-6-8-16(25)9-7-14)15-11-17(26)13-18(27)12-15/h2-9,11-13,21-22,30,32H,1,10H2,(H,29,31)/t21-,22-/m0/s1. The van der Waals surface area contributed by atoms with E-state index in [1.54, 1.807) is 0 Å². The molecule has 0 saturated carbocycles. The molecule has 0 unspecified atom stereocenters. The fourth-order valence-corrected chi connectivity index (χ4v) is 3.39. The molecule has 3 aromatic carbocycles. The first kappa shape index (κ1) is 24.0. The maximum Gasteiger partial charge on any atom is 0.244 e. The number of para-hydroxylation sites is 1. The van der Waals surface area contributed by atoms with Crippen LogP contribution in [0.5, 0.6) is 5.75 Å².